The van der Waals surface area contributed by atoms with Gasteiger partial charge in [-0.05, 0) is 26.2 Å². The maximum Gasteiger partial charge on any atom is 0.251 e. The summed E-state index contributed by atoms with van der Waals surface area (Å²) in [4.78, 5) is 38.3. The third-order valence-electron chi connectivity index (χ3n) is 2.60. The van der Waals surface area contributed by atoms with E-state index < -0.39 is 0 Å². The lowest BCUT2D eigenvalue weighted by atomic mass is 10.3. The van der Waals surface area contributed by atoms with Gasteiger partial charge in [0.15, 0.2) is 4.77 Å². The van der Waals surface area contributed by atoms with Crippen LogP contribution in [0.2, 0.25) is 0 Å². The molecule has 0 aliphatic rings. The monoisotopic (exact) mass is 298 g/mol. The van der Waals surface area contributed by atoms with Crippen LogP contribution in [0.5, 0.6) is 0 Å². The minimum absolute atomic E-state index is 0.00733. The van der Waals surface area contributed by atoms with E-state index in [0.717, 1.165) is 0 Å². The minimum atomic E-state index is -0.311. The fraction of sp³-hybridized carbons (Fsp3) is 0.500. The summed E-state index contributed by atoms with van der Waals surface area (Å²) in [5.74, 6) is -0.307. The Morgan fingerprint density at radius 3 is 2.75 bits per heavy atom. The molecule has 0 fully saturated rings. The molecular formula is C12H18N4O3S. The van der Waals surface area contributed by atoms with Gasteiger partial charge in [0.05, 0.1) is 6.54 Å². The summed E-state index contributed by atoms with van der Waals surface area (Å²) in [7, 11) is 1.77. The smallest absolute Gasteiger partial charge is 0.251 e. The van der Waals surface area contributed by atoms with E-state index in [-0.39, 0.29) is 35.1 Å². The number of hydrogen-bond acceptors (Lipinski definition) is 5. The Hall–Kier alpha value is -1.80. The number of aromatic nitrogens is 2. The highest BCUT2D eigenvalue weighted by atomic mass is 32.1. The average molecular weight is 298 g/mol. The van der Waals surface area contributed by atoms with Gasteiger partial charge < -0.3 is 14.8 Å². The molecule has 1 heterocycles. The van der Waals surface area contributed by atoms with Crippen LogP contribution in [0.15, 0.2) is 17.1 Å². The topological polar surface area (TPSA) is 87.2 Å². The van der Waals surface area contributed by atoms with Crippen molar-refractivity contribution in [1.29, 1.82) is 0 Å². The zero-order valence-electron chi connectivity index (χ0n) is 11.5. The molecule has 1 rings (SSSR count). The minimum Gasteiger partial charge on any atom is -0.333 e. The first-order valence-corrected chi connectivity index (χ1v) is 6.56. The lowest BCUT2D eigenvalue weighted by molar-refractivity contribution is -0.135. The molecule has 0 saturated carbocycles. The molecular weight excluding hydrogens is 280 g/mol. The number of Topliss-reactive ketones (excluding diaryl/α,β-unsaturated/α-hetero) is 1. The number of likely N-dealkylation sites (N-methyl/N-ethyl adjacent to an activating group) is 1. The van der Waals surface area contributed by atoms with Gasteiger partial charge in [-0.3, -0.25) is 19.4 Å². The summed E-state index contributed by atoms with van der Waals surface area (Å²) in [5, 5.41) is 2.93. The summed E-state index contributed by atoms with van der Waals surface area (Å²) < 4.78 is 1.65. The van der Waals surface area contributed by atoms with Crippen LogP contribution in [0.25, 0.3) is 0 Å². The van der Waals surface area contributed by atoms with Crippen LogP contribution >= 0.6 is 12.2 Å². The van der Waals surface area contributed by atoms with E-state index in [9.17, 15) is 14.4 Å². The van der Waals surface area contributed by atoms with Crippen LogP contribution in [0.3, 0.4) is 0 Å². The Bertz CT molecular complexity index is 593. The number of H-pyrrole nitrogens is 1. The quantitative estimate of drug-likeness (QED) is 0.665. The van der Waals surface area contributed by atoms with Crippen molar-refractivity contribution >= 4 is 23.9 Å². The van der Waals surface area contributed by atoms with Gasteiger partial charge in [-0.15, -0.1) is 0 Å². The van der Waals surface area contributed by atoms with Gasteiger partial charge in [0.1, 0.15) is 12.3 Å². The average Bonchev–Trinajstić information content (AvgIpc) is 2.37. The number of nitrogens with one attached hydrogen (secondary N) is 2. The van der Waals surface area contributed by atoms with Crippen LogP contribution < -0.4 is 10.9 Å². The fourth-order valence-electron chi connectivity index (χ4n) is 1.62. The van der Waals surface area contributed by atoms with E-state index in [1.165, 1.54) is 28.7 Å². The molecule has 110 valence electrons. The second-order valence-corrected chi connectivity index (χ2v) is 4.75. The summed E-state index contributed by atoms with van der Waals surface area (Å²) in [6, 6.07) is 1.30. The number of hydrogen-bond donors (Lipinski definition) is 2. The normalized spacial score (nSPS) is 10.3. The molecule has 8 heteroatoms. The zero-order chi connectivity index (χ0) is 15.1. The maximum absolute atomic E-state index is 12.2. The molecule has 1 aromatic heterocycles. The van der Waals surface area contributed by atoms with Crippen molar-refractivity contribution in [2.24, 2.45) is 0 Å². The standard InChI is InChI=1S/C12H18N4O3S/c1-9(17)7-15(6-4-13-2)11(19)8-16-5-3-10(18)14-12(16)20/h3,5,13H,4,6-8H2,1-2H3,(H,14,18,20). The van der Waals surface area contributed by atoms with Crippen LogP contribution in [0.4, 0.5) is 0 Å². The Balaban J connectivity index is 2.81. The second kappa shape index (κ2) is 7.71. The van der Waals surface area contributed by atoms with Crippen molar-refractivity contribution in [2.45, 2.75) is 13.5 Å². The number of carbonyl (C=O) groups is 2. The van der Waals surface area contributed by atoms with Crippen molar-refractivity contribution in [2.75, 3.05) is 26.7 Å². The Morgan fingerprint density at radius 1 is 1.50 bits per heavy atom. The highest BCUT2D eigenvalue weighted by molar-refractivity contribution is 7.71. The molecule has 0 atom stereocenters. The van der Waals surface area contributed by atoms with Crippen LogP contribution in [0, 0.1) is 4.77 Å². The summed E-state index contributed by atoms with van der Waals surface area (Å²) >= 11 is 4.98. The highest BCUT2D eigenvalue weighted by Crippen LogP contribution is 1.95. The van der Waals surface area contributed by atoms with Gasteiger partial charge in [0.25, 0.3) is 5.56 Å². The first-order chi connectivity index (χ1) is 9.43. The third-order valence-corrected chi connectivity index (χ3v) is 2.94. The van der Waals surface area contributed by atoms with Crippen molar-refractivity contribution in [3.63, 3.8) is 0 Å². The van der Waals surface area contributed by atoms with E-state index in [0.29, 0.717) is 13.1 Å². The number of carbonyl (C=O) groups excluding carboxylic acids is 2. The van der Waals surface area contributed by atoms with Crippen LogP contribution in [0.1, 0.15) is 6.92 Å². The fourth-order valence-corrected chi connectivity index (χ4v) is 1.85. The van der Waals surface area contributed by atoms with Gasteiger partial charge >= 0.3 is 0 Å². The largest absolute Gasteiger partial charge is 0.333 e. The molecule has 1 aromatic rings. The SMILES string of the molecule is CNCCN(CC(C)=O)C(=O)Cn1ccc(=O)[nH]c1=S. The van der Waals surface area contributed by atoms with E-state index in [1.54, 1.807) is 7.05 Å². The van der Waals surface area contributed by atoms with Crippen molar-refractivity contribution in [3.05, 3.63) is 27.4 Å². The van der Waals surface area contributed by atoms with Gasteiger partial charge in [-0.2, -0.15) is 0 Å². The molecule has 0 unspecified atom stereocenters. The predicted octanol–water partition coefficient (Wildman–Crippen LogP) is -0.457. The molecule has 0 bridgehead atoms. The summed E-state index contributed by atoms with van der Waals surface area (Å²) in [6.07, 6.45) is 1.46. The lowest BCUT2D eigenvalue weighted by Gasteiger charge is -2.21. The van der Waals surface area contributed by atoms with Crippen LogP contribution in [-0.2, 0) is 16.1 Å². The molecule has 0 spiro atoms. The summed E-state index contributed by atoms with van der Waals surface area (Å²) in [5.41, 5.74) is -0.311. The Morgan fingerprint density at radius 2 is 2.20 bits per heavy atom. The molecule has 0 saturated heterocycles. The molecule has 0 aliphatic heterocycles. The first kappa shape index (κ1) is 16.3. The van der Waals surface area contributed by atoms with Crippen molar-refractivity contribution in [1.82, 2.24) is 19.8 Å². The Kier molecular flexibility index (Phi) is 6.26. The molecule has 2 N–H and O–H groups in total. The van der Waals surface area contributed by atoms with E-state index in [4.69, 9.17) is 12.2 Å². The lowest BCUT2D eigenvalue weighted by Crippen LogP contribution is -2.41. The number of nitrogens with zero attached hydrogens (tertiary/aromatic N) is 2. The Labute approximate surface area is 121 Å². The number of rotatable bonds is 7. The molecule has 20 heavy (non-hydrogen) atoms. The predicted molar refractivity (Wildman–Crippen MR) is 77.1 cm³/mol. The maximum atomic E-state index is 12.2. The van der Waals surface area contributed by atoms with E-state index in [1.807, 2.05) is 0 Å². The third kappa shape index (κ3) is 5.06. The van der Waals surface area contributed by atoms with Gasteiger partial charge in [0, 0.05) is 25.4 Å². The molecule has 1 amide bonds. The van der Waals surface area contributed by atoms with Gasteiger partial charge in [0.2, 0.25) is 5.91 Å². The molecule has 0 aliphatic carbocycles. The van der Waals surface area contributed by atoms with Gasteiger partial charge in [-0.1, -0.05) is 0 Å². The zero-order valence-corrected chi connectivity index (χ0v) is 12.3. The van der Waals surface area contributed by atoms with E-state index in [2.05, 4.69) is 10.3 Å². The molecule has 0 radical (unpaired) electrons. The molecule has 0 aromatic carbocycles. The number of amides is 1. The van der Waals surface area contributed by atoms with Crippen LogP contribution in [-0.4, -0.2) is 52.8 Å². The molecule has 7 nitrogen and oxygen atoms in total. The highest BCUT2D eigenvalue weighted by Gasteiger charge is 2.15. The second-order valence-electron chi connectivity index (χ2n) is 4.36. The first-order valence-electron chi connectivity index (χ1n) is 6.15. The van der Waals surface area contributed by atoms with E-state index >= 15 is 0 Å². The number of aromatic amines is 1. The van der Waals surface area contributed by atoms with Crippen molar-refractivity contribution < 1.29 is 9.59 Å². The van der Waals surface area contributed by atoms with Crippen molar-refractivity contribution in [3.8, 4) is 0 Å². The summed E-state index contributed by atoms with van der Waals surface area (Å²) in [6.45, 7) is 2.52. The number of ketones is 1. The van der Waals surface area contributed by atoms with Gasteiger partial charge in [-0.25, -0.2) is 0 Å².